The summed E-state index contributed by atoms with van der Waals surface area (Å²) in [6.07, 6.45) is -0.559. The highest BCUT2D eigenvalue weighted by molar-refractivity contribution is 5.70. The fourth-order valence-electron chi connectivity index (χ4n) is 2.04. The van der Waals surface area contributed by atoms with Crippen LogP contribution in [0.2, 0.25) is 0 Å². The van der Waals surface area contributed by atoms with Crippen LogP contribution >= 0.6 is 0 Å². The van der Waals surface area contributed by atoms with Crippen LogP contribution in [0.1, 0.15) is 5.56 Å². The molecule has 2 rings (SSSR count). The van der Waals surface area contributed by atoms with Crippen LogP contribution in [-0.2, 0) is 6.54 Å². The molecule has 0 fully saturated rings. The van der Waals surface area contributed by atoms with Crippen molar-refractivity contribution in [3.63, 3.8) is 0 Å². The molecule has 2 aromatic rings. The summed E-state index contributed by atoms with van der Waals surface area (Å²) in [6.45, 7) is 0.196. The van der Waals surface area contributed by atoms with E-state index in [0.717, 1.165) is 0 Å². The first-order chi connectivity index (χ1) is 11.2. The minimum Gasteiger partial charge on any atom is -0.496 e. The molecule has 0 aliphatic carbocycles. The van der Waals surface area contributed by atoms with Crippen LogP contribution in [0.4, 0.5) is 4.79 Å². The summed E-state index contributed by atoms with van der Waals surface area (Å²) in [5.74, 6) is 2.19. The van der Waals surface area contributed by atoms with Crippen molar-refractivity contribution in [1.29, 1.82) is 0 Å². The van der Waals surface area contributed by atoms with Crippen molar-refractivity contribution in [2.75, 3.05) is 21.3 Å². The monoisotopic (exact) mass is 317 g/mol. The summed E-state index contributed by atoms with van der Waals surface area (Å²) in [5, 5.41) is 2.67. The van der Waals surface area contributed by atoms with Gasteiger partial charge in [-0.1, -0.05) is 18.2 Å². The second-order valence-corrected chi connectivity index (χ2v) is 4.57. The number of amides is 1. The summed E-state index contributed by atoms with van der Waals surface area (Å²) in [7, 11) is 4.64. The Kier molecular flexibility index (Phi) is 5.68. The second-order valence-electron chi connectivity index (χ2n) is 4.57. The molecule has 1 amide bonds. The summed E-state index contributed by atoms with van der Waals surface area (Å²) < 4.78 is 21.0. The highest BCUT2D eigenvalue weighted by Gasteiger charge is 2.14. The molecule has 0 aromatic heterocycles. The van der Waals surface area contributed by atoms with E-state index in [1.807, 2.05) is 6.07 Å². The third kappa shape index (κ3) is 4.29. The van der Waals surface area contributed by atoms with E-state index in [1.54, 1.807) is 57.7 Å². The number of para-hydroxylation sites is 1. The quantitative estimate of drug-likeness (QED) is 0.887. The molecule has 0 radical (unpaired) electrons. The van der Waals surface area contributed by atoms with E-state index in [4.69, 9.17) is 18.9 Å². The average molecular weight is 317 g/mol. The second kappa shape index (κ2) is 7.93. The molecule has 0 heterocycles. The summed E-state index contributed by atoms with van der Waals surface area (Å²) in [4.78, 5) is 11.9. The molecular formula is C17H19NO5. The summed E-state index contributed by atoms with van der Waals surface area (Å²) in [6, 6.07) is 12.3. The predicted octanol–water partition coefficient (Wildman–Crippen LogP) is 3.00. The first kappa shape index (κ1) is 16.5. The maximum atomic E-state index is 11.9. The van der Waals surface area contributed by atoms with Crippen LogP contribution in [0, 0.1) is 0 Å². The zero-order chi connectivity index (χ0) is 16.7. The van der Waals surface area contributed by atoms with Gasteiger partial charge in [0.15, 0.2) is 0 Å². The van der Waals surface area contributed by atoms with Crippen LogP contribution in [0.25, 0.3) is 0 Å². The van der Waals surface area contributed by atoms with Crippen LogP contribution in [0.15, 0.2) is 42.5 Å². The van der Waals surface area contributed by atoms with Gasteiger partial charge in [0.1, 0.15) is 23.0 Å². The average Bonchev–Trinajstić information content (AvgIpc) is 2.59. The molecule has 0 atom stereocenters. The van der Waals surface area contributed by atoms with Gasteiger partial charge in [-0.05, 0) is 12.1 Å². The van der Waals surface area contributed by atoms with Gasteiger partial charge in [-0.15, -0.1) is 0 Å². The molecule has 0 saturated heterocycles. The molecule has 1 N–H and O–H groups in total. The lowest BCUT2D eigenvalue weighted by atomic mass is 10.1. The number of carbonyl (C=O) groups excluding carboxylic acids is 1. The van der Waals surface area contributed by atoms with Crippen molar-refractivity contribution in [2.24, 2.45) is 0 Å². The van der Waals surface area contributed by atoms with Gasteiger partial charge < -0.3 is 24.3 Å². The Morgan fingerprint density at radius 3 is 2.04 bits per heavy atom. The Labute approximate surface area is 134 Å². The van der Waals surface area contributed by atoms with E-state index in [2.05, 4.69) is 5.32 Å². The standard InChI is InChI=1S/C17H19NO5/c1-20-13-9-15(21-2)14(16(10-13)22-3)11-18-17(19)23-12-7-5-4-6-8-12/h4-10H,11H2,1-3H3,(H,18,19). The third-order valence-corrected chi connectivity index (χ3v) is 3.18. The van der Waals surface area contributed by atoms with E-state index < -0.39 is 6.09 Å². The maximum Gasteiger partial charge on any atom is 0.412 e. The van der Waals surface area contributed by atoms with E-state index >= 15 is 0 Å². The number of nitrogens with one attached hydrogen (secondary N) is 1. The lowest BCUT2D eigenvalue weighted by molar-refractivity contribution is 0.199. The van der Waals surface area contributed by atoms with Gasteiger partial charge in [0.05, 0.1) is 33.4 Å². The van der Waals surface area contributed by atoms with Crippen molar-refractivity contribution < 1.29 is 23.7 Å². The molecule has 6 heteroatoms. The number of hydrogen-bond donors (Lipinski definition) is 1. The van der Waals surface area contributed by atoms with Gasteiger partial charge in [0, 0.05) is 12.1 Å². The maximum absolute atomic E-state index is 11.9. The number of ether oxygens (including phenoxy) is 4. The zero-order valence-corrected chi connectivity index (χ0v) is 13.3. The number of rotatable bonds is 6. The van der Waals surface area contributed by atoms with E-state index in [1.165, 1.54) is 0 Å². The topological polar surface area (TPSA) is 66.0 Å². The number of hydrogen-bond acceptors (Lipinski definition) is 5. The van der Waals surface area contributed by atoms with Gasteiger partial charge in [-0.25, -0.2) is 4.79 Å². The molecule has 0 unspecified atom stereocenters. The smallest absolute Gasteiger partial charge is 0.412 e. The Balaban J connectivity index is 2.08. The molecule has 0 spiro atoms. The van der Waals surface area contributed by atoms with Crippen molar-refractivity contribution in [3.8, 4) is 23.0 Å². The zero-order valence-electron chi connectivity index (χ0n) is 13.3. The van der Waals surface area contributed by atoms with Crippen molar-refractivity contribution in [3.05, 3.63) is 48.0 Å². The molecule has 23 heavy (non-hydrogen) atoms. The largest absolute Gasteiger partial charge is 0.496 e. The Morgan fingerprint density at radius 1 is 0.913 bits per heavy atom. The molecule has 0 aliphatic rings. The first-order valence-electron chi connectivity index (χ1n) is 6.97. The highest BCUT2D eigenvalue weighted by atomic mass is 16.6. The van der Waals surface area contributed by atoms with Crippen molar-refractivity contribution in [2.45, 2.75) is 6.54 Å². The van der Waals surface area contributed by atoms with Gasteiger partial charge >= 0.3 is 6.09 Å². The third-order valence-electron chi connectivity index (χ3n) is 3.18. The molecule has 0 bridgehead atoms. The number of carbonyl (C=O) groups is 1. The van der Waals surface area contributed by atoms with Crippen molar-refractivity contribution in [1.82, 2.24) is 5.32 Å². The Hall–Kier alpha value is -2.89. The normalized spacial score (nSPS) is 9.87. The lowest BCUT2D eigenvalue weighted by Crippen LogP contribution is -2.26. The van der Waals surface area contributed by atoms with Gasteiger partial charge in [0.2, 0.25) is 0 Å². The minimum atomic E-state index is -0.559. The molecular weight excluding hydrogens is 298 g/mol. The van der Waals surface area contributed by atoms with Crippen LogP contribution in [-0.4, -0.2) is 27.4 Å². The number of benzene rings is 2. The molecule has 122 valence electrons. The number of methoxy groups -OCH3 is 3. The highest BCUT2D eigenvalue weighted by Crippen LogP contribution is 2.33. The Bertz CT molecular complexity index is 632. The van der Waals surface area contributed by atoms with Gasteiger partial charge in [-0.3, -0.25) is 0 Å². The molecule has 0 aliphatic heterocycles. The van der Waals surface area contributed by atoms with E-state index in [9.17, 15) is 4.79 Å². The van der Waals surface area contributed by atoms with Crippen LogP contribution < -0.4 is 24.3 Å². The van der Waals surface area contributed by atoms with Crippen LogP contribution in [0.3, 0.4) is 0 Å². The van der Waals surface area contributed by atoms with E-state index in [-0.39, 0.29) is 6.54 Å². The van der Waals surface area contributed by atoms with Crippen molar-refractivity contribution >= 4 is 6.09 Å². The summed E-state index contributed by atoms with van der Waals surface area (Å²) >= 11 is 0. The predicted molar refractivity (Wildman–Crippen MR) is 85.4 cm³/mol. The molecule has 2 aromatic carbocycles. The van der Waals surface area contributed by atoms with Crippen LogP contribution in [0.5, 0.6) is 23.0 Å². The summed E-state index contributed by atoms with van der Waals surface area (Å²) in [5.41, 5.74) is 0.695. The van der Waals surface area contributed by atoms with Gasteiger partial charge in [-0.2, -0.15) is 0 Å². The fourth-order valence-corrected chi connectivity index (χ4v) is 2.04. The van der Waals surface area contributed by atoms with E-state index in [0.29, 0.717) is 28.6 Å². The fraction of sp³-hybridized carbons (Fsp3) is 0.235. The molecule has 6 nitrogen and oxygen atoms in total. The molecule has 0 saturated carbocycles. The van der Waals surface area contributed by atoms with Gasteiger partial charge in [0.25, 0.3) is 0 Å². The SMILES string of the molecule is COc1cc(OC)c(CNC(=O)Oc2ccccc2)c(OC)c1. The lowest BCUT2D eigenvalue weighted by Gasteiger charge is -2.15. The first-order valence-corrected chi connectivity index (χ1v) is 6.97. The minimum absolute atomic E-state index is 0.196. The Morgan fingerprint density at radius 2 is 1.52 bits per heavy atom.